The maximum Gasteiger partial charge on any atom is 0.313 e. The van der Waals surface area contributed by atoms with E-state index in [1.54, 1.807) is 0 Å². The molecule has 2 atom stereocenters. The van der Waals surface area contributed by atoms with E-state index in [-0.39, 0.29) is 17.5 Å². The molecule has 92 valence electrons. The number of rotatable bonds is 4. The molecule has 2 aliphatic heterocycles. The van der Waals surface area contributed by atoms with E-state index in [0.717, 1.165) is 45.4 Å². The minimum atomic E-state index is -0.267. The molecule has 4 heteroatoms. The second kappa shape index (κ2) is 5.15. The molecule has 2 fully saturated rings. The third-order valence-electron chi connectivity index (χ3n) is 3.57. The van der Waals surface area contributed by atoms with E-state index in [1.807, 2.05) is 0 Å². The highest BCUT2D eigenvalue weighted by atomic mass is 16.6. The van der Waals surface area contributed by atoms with E-state index in [1.165, 1.54) is 0 Å². The Hall–Kier alpha value is -0.610. The second-order valence-corrected chi connectivity index (χ2v) is 4.85. The van der Waals surface area contributed by atoms with Gasteiger partial charge in [-0.05, 0) is 19.4 Å². The van der Waals surface area contributed by atoms with Gasteiger partial charge in [-0.15, -0.1) is 0 Å². The fraction of sp³-hybridized carbons (Fsp3) is 0.917. The van der Waals surface area contributed by atoms with Gasteiger partial charge in [-0.2, -0.15) is 0 Å². The van der Waals surface area contributed by atoms with Crippen molar-refractivity contribution in [3.63, 3.8) is 0 Å². The lowest BCUT2D eigenvalue weighted by Gasteiger charge is -2.26. The molecule has 0 aliphatic carbocycles. The van der Waals surface area contributed by atoms with Crippen LogP contribution in [-0.4, -0.2) is 38.4 Å². The summed E-state index contributed by atoms with van der Waals surface area (Å²) < 4.78 is 10.8. The maximum absolute atomic E-state index is 12.2. The van der Waals surface area contributed by atoms with Crippen LogP contribution >= 0.6 is 0 Å². The molecular formula is C12H21NO3. The lowest BCUT2D eigenvalue weighted by atomic mass is 9.82. The minimum absolute atomic E-state index is 0.0122. The van der Waals surface area contributed by atoms with Crippen molar-refractivity contribution in [3.8, 4) is 0 Å². The van der Waals surface area contributed by atoms with Crippen LogP contribution in [0.25, 0.3) is 0 Å². The first-order valence-electron chi connectivity index (χ1n) is 6.26. The van der Waals surface area contributed by atoms with E-state index in [2.05, 4.69) is 12.2 Å². The molecular weight excluding hydrogens is 206 g/mol. The molecule has 0 saturated carbocycles. The van der Waals surface area contributed by atoms with E-state index in [4.69, 9.17) is 9.47 Å². The summed E-state index contributed by atoms with van der Waals surface area (Å²) in [5.74, 6) is -0.0187. The SMILES string of the molecule is CCCC1(C(=O)OC2CCOC2)CCNC1. The summed E-state index contributed by atoms with van der Waals surface area (Å²) in [7, 11) is 0. The average Bonchev–Trinajstić information content (AvgIpc) is 2.89. The summed E-state index contributed by atoms with van der Waals surface area (Å²) in [5, 5.41) is 3.27. The molecule has 2 unspecified atom stereocenters. The molecule has 0 radical (unpaired) electrons. The molecule has 2 aliphatic rings. The van der Waals surface area contributed by atoms with Crippen LogP contribution in [0.4, 0.5) is 0 Å². The standard InChI is InChI=1S/C12H21NO3/c1-2-4-12(5-6-13-9-12)11(14)16-10-3-7-15-8-10/h10,13H,2-9H2,1H3. The number of carbonyl (C=O) groups is 1. The van der Waals surface area contributed by atoms with Gasteiger partial charge in [-0.3, -0.25) is 4.79 Å². The van der Waals surface area contributed by atoms with Gasteiger partial charge in [0.15, 0.2) is 0 Å². The summed E-state index contributed by atoms with van der Waals surface area (Å²) in [6, 6.07) is 0. The largest absolute Gasteiger partial charge is 0.459 e. The fourth-order valence-corrected chi connectivity index (χ4v) is 2.59. The van der Waals surface area contributed by atoms with Crippen molar-refractivity contribution in [2.24, 2.45) is 5.41 Å². The quantitative estimate of drug-likeness (QED) is 0.731. The molecule has 2 rings (SSSR count). The zero-order chi connectivity index (χ0) is 11.4. The van der Waals surface area contributed by atoms with Crippen molar-refractivity contribution in [3.05, 3.63) is 0 Å². The van der Waals surface area contributed by atoms with Crippen molar-refractivity contribution in [1.82, 2.24) is 5.32 Å². The lowest BCUT2D eigenvalue weighted by molar-refractivity contribution is -0.161. The van der Waals surface area contributed by atoms with Crippen LogP contribution in [0.5, 0.6) is 0 Å². The molecule has 4 nitrogen and oxygen atoms in total. The molecule has 16 heavy (non-hydrogen) atoms. The lowest BCUT2D eigenvalue weighted by Crippen LogP contribution is -2.37. The van der Waals surface area contributed by atoms with Crippen molar-refractivity contribution in [1.29, 1.82) is 0 Å². The molecule has 0 aromatic carbocycles. The summed E-state index contributed by atoms with van der Waals surface area (Å²) in [4.78, 5) is 12.2. The highest BCUT2D eigenvalue weighted by Crippen LogP contribution is 2.33. The van der Waals surface area contributed by atoms with Crippen molar-refractivity contribution >= 4 is 5.97 Å². The van der Waals surface area contributed by atoms with Gasteiger partial charge in [0, 0.05) is 13.0 Å². The highest BCUT2D eigenvalue weighted by Gasteiger charge is 2.42. The predicted molar refractivity (Wildman–Crippen MR) is 60.1 cm³/mol. The Morgan fingerprint density at radius 3 is 3.06 bits per heavy atom. The third kappa shape index (κ3) is 2.38. The van der Waals surface area contributed by atoms with Gasteiger partial charge >= 0.3 is 5.97 Å². The topological polar surface area (TPSA) is 47.6 Å². The summed E-state index contributed by atoms with van der Waals surface area (Å²) in [6.45, 7) is 5.11. The molecule has 0 bridgehead atoms. The first kappa shape index (κ1) is 11.9. The number of hydrogen-bond donors (Lipinski definition) is 1. The number of ether oxygens (including phenoxy) is 2. The smallest absolute Gasteiger partial charge is 0.313 e. The summed E-state index contributed by atoms with van der Waals surface area (Å²) in [5.41, 5.74) is -0.267. The van der Waals surface area contributed by atoms with Crippen LogP contribution in [0.2, 0.25) is 0 Å². The number of nitrogens with one attached hydrogen (secondary N) is 1. The zero-order valence-electron chi connectivity index (χ0n) is 9.96. The van der Waals surface area contributed by atoms with E-state index in [0.29, 0.717) is 6.61 Å². The van der Waals surface area contributed by atoms with Gasteiger partial charge < -0.3 is 14.8 Å². The number of hydrogen-bond acceptors (Lipinski definition) is 4. The minimum Gasteiger partial charge on any atom is -0.459 e. The van der Waals surface area contributed by atoms with Crippen LogP contribution < -0.4 is 5.32 Å². The van der Waals surface area contributed by atoms with Gasteiger partial charge in [0.2, 0.25) is 0 Å². The van der Waals surface area contributed by atoms with E-state index < -0.39 is 0 Å². The van der Waals surface area contributed by atoms with Crippen LogP contribution in [0, 0.1) is 5.41 Å². The first-order chi connectivity index (χ1) is 7.77. The maximum atomic E-state index is 12.2. The monoisotopic (exact) mass is 227 g/mol. The second-order valence-electron chi connectivity index (χ2n) is 4.85. The normalized spacial score (nSPS) is 34.2. The molecule has 0 spiro atoms. The van der Waals surface area contributed by atoms with Crippen molar-refractivity contribution in [2.75, 3.05) is 26.3 Å². The Morgan fingerprint density at radius 1 is 1.62 bits per heavy atom. The van der Waals surface area contributed by atoms with Crippen molar-refractivity contribution < 1.29 is 14.3 Å². The Kier molecular flexibility index (Phi) is 3.82. The molecule has 0 aromatic heterocycles. The number of carbonyl (C=O) groups excluding carboxylic acids is 1. The highest BCUT2D eigenvalue weighted by molar-refractivity contribution is 5.77. The molecule has 2 heterocycles. The molecule has 2 saturated heterocycles. The average molecular weight is 227 g/mol. The Labute approximate surface area is 96.7 Å². The van der Waals surface area contributed by atoms with E-state index >= 15 is 0 Å². The van der Waals surface area contributed by atoms with E-state index in [9.17, 15) is 4.79 Å². The summed E-state index contributed by atoms with van der Waals surface area (Å²) in [6.07, 6.45) is 3.70. The fourth-order valence-electron chi connectivity index (χ4n) is 2.59. The first-order valence-corrected chi connectivity index (χ1v) is 6.26. The third-order valence-corrected chi connectivity index (χ3v) is 3.57. The van der Waals surface area contributed by atoms with Gasteiger partial charge in [-0.25, -0.2) is 0 Å². The van der Waals surface area contributed by atoms with Gasteiger partial charge in [0.25, 0.3) is 0 Å². The summed E-state index contributed by atoms with van der Waals surface area (Å²) >= 11 is 0. The number of esters is 1. The van der Waals surface area contributed by atoms with Crippen LogP contribution in [0.1, 0.15) is 32.6 Å². The Bertz CT molecular complexity index is 243. The molecule has 0 amide bonds. The van der Waals surface area contributed by atoms with Crippen LogP contribution in [0.15, 0.2) is 0 Å². The molecule has 1 N–H and O–H groups in total. The Morgan fingerprint density at radius 2 is 2.50 bits per heavy atom. The van der Waals surface area contributed by atoms with Crippen LogP contribution in [0.3, 0.4) is 0 Å². The Balaban J connectivity index is 1.93. The van der Waals surface area contributed by atoms with Gasteiger partial charge in [0.1, 0.15) is 6.10 Å². The predicted octanol–water partition coefficient (Wildman–Crippen LogP) is 1.10. The van der Waals surface area contributed by atoms with Gasteiger partial charge in [0.05, 0.1) is 18.6 Å². The van der Waals surface area contributed by atoms with Crippen molar-refractivity contribution in [2.45, 2.75) is 38.7 Å². The molecule has 0 aromatic rings. The zero-order valence-corrected chi connectivity index (χ0v) is 9.96. The van der Waals surface area contributed by atoms with Gasteiger partial charge in [-0.1, -0.05) is 13.3 Å². The van der Waals surface area contributed by atoms with Crippen LogP contribution in [-0.2, 0) is 14.3 Å².